The molecule has 4 aromatic rings. The van der Waals surface area contributed by atoms with Gasteiger partial charge in [0.25, 0.3) is 40.3 Å². The first-order valence-corrected chi connectivity index (χ1v) is 17.7. The number of benzene rings is 4. The topological polar surface area (TPSA) is 226 Å². The first-order chi connectivity index (χ1) is 20.6. The summed E-state index contributed by atoms with van der Waals surface area (Å²) in [6, 6.07) is 20.6. The summed E-state index contributed by atoms with van der Waals surface area (Å²) in [5.41, 5.74) is -0.825. The zero-order valence-corrected chi connectivity index (χ0v) is 31.2. The summed E-state index contributed by atoms with van der Waals surface area (Å²) >= 11 is 0. The SMILES string of the molecule is O=S(=O)(O)c1cc(N=NS(=O)(=O)c2ccccc2)ccc1C=Cc1ccc(N=NS(=O)(=O)c2ccccc2)cc1S(=O)(=O)O.[Na].[Na]. The van der Waals surface area contributed by atoms with Crippen LogP contribution in [0.15, 0.2) is 136 Å². The van der Waals surface area contributed by atoms with Gasteiger partial charge in [-0.15, -0.1) is 10.2 Å². The Morgan fingerprint density at radius 3 is 1.11 bits per heavy atom. The van der Waals surface area contributed by atoms with Gasteiger partial charge in [-0.1, -0.05) is 69.7 Å². The maximum absolute atomic E-state index is 12.4. The third-order valence-electron chi connectivity index (χ3n) is 5.60. The van der Waals surface area contributed by atoms with Crippen molar-refractivity contribution < 1.29 is 42.8 Å². The van der Waals surface area contributed by atoms with Crippen molar-refractivity contribution in [2.75, 3.05) is 0 Å². The molecule has 0 fully saturated rings. The number of nitrogens with zero attached hydrogens (tertiary/aromatic N) is 4. The Hall–Kier alpha value is -2.46. The summed E-state index contributed by atoms with van der Waals surface area (Å²) in [6.45, 7) is 0. The van der Waals surface area contributed by atoms with Crippen LogP contribution in [0.1, 0.15) is 11.1 Å². The van der Waals surface area contributed by atoms with E-state index in [0.717, 1.165) is 36.4 Å². The van der Waals surface area contributed by atoms with E-state index in [1.807, 2.05) is 0 Å². The Morgan fingerprint density at radius 2 is 0.804 bits per heavy atom. The maximum Gasteiger partial charge on any atom is 0.299 e. The summed E-state index contributed by atoms with van der Waals surface area (Å²) in [5.74, 6) is 0. The van der Waals surface area contributed by atoms with E-state index >= 15 is 0 Å². The minimum absolute atomic E-state index is 0. The van der Waals surface area contributed by atoms with Crippen LogP contribution in [-0.4, -0.2) is 102 Å². The second kappa shape index (κ2) is 16.1. The molecule has 0 aliphatic heterocycles. The molecule has 0 saturated heterocycles. The van der Waals surface area contributed by atoms with Gasteiger partial charge >= 0.3 is 0 Å². The molecule has 0 aliphatic carbocycles. The van der Waals surface area contributed by atoms with Gasteiger partial charge < -0.3 is 0 Å². The number of sulfonamides is 2. The molecule has 20 heteroatoms. The van der Waals surface area contributed by atoms with Gasteiger partial charge in [-0.25, -0.2) is 0 Å². The van der Waals surface area contributed by atoms with Gasteiger partial charge in [-0.3, -0.25) is 9.11 Å². The number of rotatable bonds is 10. The quantitative estimate of drug-likeness (QED) is 0.101. The van der Waals surface area contributed by atoms with E-state index in [0.29, 0.717) is 0 Å². The molecule has 0 bridgehead atoms. The zero-order valence-electron chi connectivity index (χ0n) is 24.0. The van der Waals surface area contributed by atoms with Gasteiger partial charge in [-0.2, -0.15) is 33.7 Å². The van der Waals surface area contributed by atoms with Gasteiger partial charge in [0.15, 0.2) is 0 Å². The smallest absolute Gasteiger partial charge is 0.282 e. The summed E-state index contributed by atoms with van der Waals surface area (Å²) < 4.78 is 124. The molecule has 0 saturated carbocycles. The van der Waals surface area contributed by atoms with E-state index < -0.39 is 50.1 Å². The second-order valence-electron chi connectivity index (χ2n) is 8.67. The minimum atomic E-state index is -4.91. The molecule has 2 N–H and O–H groups in total. The molecule has 0 spiro atoms. The number of hydrogen-bond acceptors (Lipinski definition) is 10. The predicted octanol–water partition coefficient (Wildman–Crippen LogP) is 4.53. The van der Waals surface area contributed by atoms with Crippen LogP contribution in [0.4, 0.5) is 11.4 Å². The largest absolute Gasteiger partial charge is 0.299 e. The van der Waals surface area contributed by atoms with E-state index in [4.69, 9.17) is 0 Å². The van der Waals surface area contributed by atoms with Crippen molar-refractivity contribution in [3.8, 4) is 0 Å². The Morgan fingerprint density at radius 1 is 0.478 bits per heavy atom. The van der Waals surface area contributed by atoms with Crippen LogP contribution in [0.25, 0.3) is 12.2 Å². The van der Waals surface area contributed by atoms with Crippen molar-refractivity contribution in [3.63, 3.8) is 0 Å². The van der Waals surface area contributed by atoms with Crippen molar-refractivity contribution in [2.45, 2.75) is 19.6 Å². The van der Waals surface area contributed by atoms with Crippen LogP contribution in [-0.2, 0) is 40.3 Å². The predicted molar refractivity (Wildman–Crippen MR) is 169 cm³/mol. The standard InChI is InChI=1S/C26H20N4O10S4.2Na/c31-41(32,23-7-3-1-4-8-23)29-27-21-15-13-19(25(17-21)43(35,36)37)11-12-20-14-16-22(18-26(20)44(38,39)40)28-30-42(33,34)24-9-5-2-6-10-24;;/h1-18H,(H,35,36,37)(H,38,39,40);;. The molecule has 230 valence electrons. The van der Waals surface area contributed by atoms with E-state index in [9.17, 15) is 42.8 Å². The molecule has 4 rings (SSSR count). The van der Waals surface area contributed by atoms with Crippen molar-refractivity contribution in [1.82, 2.24) is 0 Å². The average molecular weight is 723 g/mol. The van der Waals surface area contributed by atoms with Crippen LogP contribution in [0.2, 0.25) is 0 Å². The molecule has 4 aromatic carbocycles. The molecule has 14 nitrogen and oxygen atoms in total. The van der Waals surface area contributed by atoms with Gasteiger partial charge in [0.2, 0.25) is 0 Å². The van der Waals surface area contributed by atoms with E-state index in [-0.39, 0.29) is 91.4 Å². The Balaban J connectivity index is 0.00000368. The molecule has 0 aromatic heterocycles. The fourth-order valence-corrected chi connectivity index (χ4v) is 6.55. The average Bonchev–Trinajstić information content (AvgIpc) is 2.98. The number of hydrogen-bond donors (Lipinski definition) is 2. The monoisotopic (exact) mass is 722 g/mol. The molecule has 2 radical (unpaired) electrons. The molecule has 0 aliphatic rings. The molecule has 0 unspecified atom stereocenters. The van der Waals surface area contributed by atoms with Gasteiger partial charge in [0.1, 0.15) is 9.79 Å². The molecule has 0 heterocycles. The third kappa shape index (κ3) is 10.5. The summed E-state index contributed by atoms with van der Waals surface area (Å²) in [5, 5.41) is 7.12. The van der Waals surface area contributed by atoms with Gasteiger partial charge in [0.05, 0.1) is 21.2 Å². The molecular weight excluding hydrogens is 703 g/mol. The fraction of sp³-hybridized carbons (Fsp3) is 0. The first kappa shape index (κ1) is 39.7. The van der Waals surface area contributed by atoms with Crippen LogP contribution in [0.3, 0.4) is 0 Å². The summed E-state index contributed by atoms with van der Waals surface area (Å²) in [6.07, 6.45) is 2.19. The summed E-state index contributed by atoms with van der Waals surface area (Å²) in [4.78, 5) is -1.74. The summed E-state index contributed by atoms with van der Waals surface area (Å²) in [7, 11) is -18.2. The van der Waals surface area contributed by atoms with Gasteiger partial charge in [0, 0.05) is 59.1 Å². The normalized spacial score (nSPS) is 12.7. The maximum atomic E-state index is 12.4. The van der Waals surface area contributed by atoms with Crippen LogP contribution in [0.5, 0.6) is 0 Å². The van der Waals surface area contributed by atoms with Crippen LogP contribution in [0, 0.1) is 0 Å². The van der Waals surface area contributed by atoms with E-state index in [2.05, 4.69) is 19.3 Å². The van der Waals surface area contributed by atoms with Crippen molar-refractivity contribution in [2.24, 2.45) is 19.3 Å². The molecule has 46 heavy (non-hydrogen) atoms. The first-order valence-electron chi connectivity index (χ1n) is 11.9. The van der Waals surface area contributed by atoms with Crippen molar-refractivity contribution in [1.29, 1.82) is 0 Å². The zero-order chi connectivity index (χ0) is 32.2. The fourth-order valence-electron chi connectivity index (χ4n) is 3.55. The molecular formula is C26H20N4Na2O10S4. The van der Waals surface area contributed by atoms with Crippen LogP contribution < -0.4 is 0 Å². The third-order valence-corrected chi connectivity index (χ3v) is 9.75. The minimum Gasteiger partial charge on any atom is -0.282 e. The van der Waals surface area contributed by atoms with Crippen LogP contribution >= 0.6 is 0 Å². The van der Waals surface area contributed by atoms with E-state index in [1.54, 1.807) is 12.1 Å². The Bertz CT molecular complexity index is 2090. The Kier molecular flexibility index (Phi) is 13.9. The molecule has 0 atom stereocenters. The van der Waals surface area contributed by atoms with Gasteiger partial charge in [-0.05, 0) is 59.7 Å². The van der Waals surface area contributed by atoms with Crippen molar-refractivity contribution in [3.05, 3.63) is 108 Å². The van der Waals surface area contributed by atoms with E-state index in [1.165, 1.54) is 60.7 Å². The van der Waals surface area contributed by atoms with Crippen molar-refractivity contribution >= 4 is 123 Å². The Labute approximate surface area is 309 Å². The molecule has 0 amide bonds. The second-order valence-corrected chi connectivity index (χ2v) is 14.6.